The van der Waals surface area contributed by atoms with Gasteiger partial charge in [0.25, 0.3) is 5.91 Å². The van der Waals surface area contributed by atoms with Crippen LogP contribution in [0.2, 0.25) is 0 Å². The number of amides is 2. The zero-order chi connectivity index (χ0) is 20.6. The normalized spacial score (nSPS) is 12.7. The van der Waals surface area contributed by atoms with Crippen molar-refractivity contribution in [3.63, 3.8) is 0 Å². The van der Waals surface area contributed by atoms with E-state index in [9.17, 15) is 9.59 Å². The summed E-state index contributed by atoms with van der Waals surface area (Å²) in [6, 6.07) is 15.9. The van der Waals surface area contributed by atoms with E-state index >= 15 is 0 Å². The molecule has 2 amide bonds. The Labute approximate surface area is 177 Å². The van der Waals surface area contributed by atoms with Gasteiger partial charge in [-0.1, -0.05) is 46.3 Å². The number of carbonyl (C=O) groups excluding carboxylic acids is 2. The van der Waals surface area contributed by atoms with Gasteiger partial charge in [0.15, 0.2) is 0 Å². The number of benzene rings is 2. The topological polar surface area (TPSA) is 88.9 Å². The van der Waals surface area contributed by atoms with Gasteiger partial charge in [0.2, 0.25) is 11.7 Å². The molecule has 0 aliphatic carbocycles. The van der Waals surface area contributed by atoms with E-state index in [2.05, 4.69) is 42.7 Å². The average molecular weight is 456 g/mol. The van der Waals surface area contributed by atoms with Crippen LogP contribution >= 0.6 is 15.9 Å². The van der Waals surface area contributed by atoms with Crippen molar-refractivity contribution in [1.82, 2.24) is 20.1 Å². The molecular formula is C21H22BrN5O2. The summed E-state index contributed by atoms with van der Waals surface area (Å²) < 4.78 is 2.71. The number of carbonyl (C=O) groups is 2. The largest absolute Gasteiger partial charge is 0.352 e. The van der Waals surface area contributed by atoms with Crippen LogP contribution in [0.4, 0.5) is 5.69 Å². The SMILES string of the molecule is CNC(=O)c1ncn(Cc2ccccc2)n1.O=C1CCCc2cc(Br)ccc2N1. The van der Waals surface area contributed by atoms with Crippen LogP contribution in [0.25, 0.3) is 0 Å². The minimum absolute atomic E-state index is 0.126. The van der Waals surface area contributed by atoms with Crippen molar-refractivity contribution >= 4 is 33.4 Å². The Balaban J connectivity index is 0.000000169. The van der Waals surface area contributed by atoms with E-state index in [0.717, 1.165) is 28.6 Å². The van der Waals surface area contributed by atoms with Crippen molar-refractivity contribution in [2.45, 2.75) is 25.8 Å². The maximum Gasteiger partial charge on any atom is 0.290 e. The summed E-state index contributed by atoms with van der Waals surface area (Å²) in [6.45, 7) is 0.616. The van der Waals surface area contributed by atoms with E-state index in [0.29, 0.717) is 13.0 Å². The smallest absolute Gasteiger partial charge is 0.290 e. The highest BCUT2D eigenvalue weighted by Gasteiger charge is 2.12. The average Bonchev–Trinajstić information content (AvgIpc) is 3.11. The molecule has 2 aromatic carbocycles. The second-order valence-electron chi connectivity index (χ2n) is 6.53. The third-order valence-electron chi connectivity index (χ3n) is 4.35. The number of anilines is 1. The maximum atomic E-state index is 11.2. The number of nitrogens with zero attached hydrogens (tertiary/aromatic N) is 3. The first-order chi connectivity index (χ1) is 14.0. The summed E-state index contributed by atoms with van der Waals surface area (Å²) in [4.78, 5) is 26.4. The first kappa shape index (κ1) is 20.7. The second kappa shape index (κ2) is 9.97. The Morgan fingerprint density at radius 2 is 2.00 bits per heavy atom. The second-order valence-corrected chi connectivity index (χ2v) is 7.45. The van der Waals surface area contributed by atoms with Gasteiger partial charge in [0.1, 0.15) is 6.33 Å². The summed E-state index contributed by atoms with van der Waals surface area (Å²) in [5.41, 5.74) is 3.31. The van der Waals surface area contributed by atoms with Gasteiger partial charge in [-0.05, 0) is 42.2 Å². The van der Waals surface area contributed by atoms with Crippen LogP contribution in [0.15, 0.2) is 59.3 Å². The van der Waals surface area contributed by atoms with E-state index in [1.807, 2.05) is 42.5 Å². The fraction of sp³-hybridized carbons (Fsp3) is 0.238. The number of hydrogen-bond acceptors (Lipinski definition) is 4. The summed E-state index contributed by atoms with van der Waals surface area (Å²) >= 11 is 3.42. The molecule has 0 unspecified atom stereocenters. The minimum Gasteiger partial charge on any atom is -0.352 e. The molecule has 4 rings (SSSR count). The molecule has 0 atom stereocenters. The monoisotopic (exact) mass is 455 g/mol. The molecule has 7 nitrogen and oxygen atoms in total. The maximum absolute atomic E-state index is 11.2. The lowest BCUT2D eigenvalue weighted by Gasteiger charge is -2.05. The lowest BCUT2D eigenvalue weighted by Crippen LogP contribution is -2.19. The highest BCUT2D eigenvalue weighted by Crippen LogP contribution is 2.25. The van der Waals surface area contributed by atoms with Crippen molar-refractivity contribution < 1.29 is 9.59 Å². The van der Waals surface area contributed by atoms with Crippen LogP contribution in [0.5, 0.6) is 0 Å². The minimum atomic E-state index is -0.271. The third kappa shape index (κ3) is 5.99. The van der Waals surface area contributed by atoms with Crippen LogP contribution in [0.3, 0.4) is 0 Å². The zero-order valence-electron chi connectivity index (χ0n) is 16.1. The lowest BCUT2D eigenvalue weighted by molar-refractivity contribution is -0.116. The molecule has 29 heavy (non-hydrogen) atoms. The van der Waals surface area contributed by atoms with Gasteiger partial charge in [0, 0.05) is 23.6 Å². The number of halogens is 1. The molecule has 8 heteroatoms. The molecule has 0 radical (unpaired) electrons. The van der Waals surface area contributed by atoms with Crippen molar-refractivity contribution in [2.24, 2.45) is 0 Å². The molecular weight excluding hydrogens is 434 g/mol. The molecule has 3 aromatic rings. The number of fused-ring (bicyclic) bond motifs is 1. The standard InChI is InChI=1S/C11H12N4O.C10H10BrNO/c1-12-11(16)10-13-8-15(14-10)7-9-5-3-2-4-6-9;11-8-4-5-9-7(6-8)2-1-3-10(13)12-9/h2-6,8H,7H2,1H3,(H,12,16);4-6H,1-3H2,(H,12,13). The first-order valence-electron chi connectivity index (χ1n) is 9.29. The van der Waals surface area contributed by atoms with Crippen molar-refractivity contribution in [1.29, 1.82) is 0 Å². The van der Waals surface area contributed by atoms with Gasteiger partial charge < -0.3 is 10.6 Å². The molecule has 0 saturated carbocycles. The highest BCUT2D eigenvalue weighted by atomic mass is 79.9. The predicted molar refractivity (Wildman–Crippen MR) is 115 cm³/mol. The van der Waals surface area contributed by atoms with Crippen LogP contribution in [0.1, 0.15) is 34.6 Å². The number of aryl methyl sites for hydroxylation is 1. The van der Waals surface area contributed by atoms with Gasteiger partial charge in [-0.25, -0.2) is 9.67 Å². The van der Waals surface area contributed by atoms with Crippen molar-refractivity contribution in [3.8, 4) is 0 Å². The Bertz CT molecular complexity index is 988. The van der Waals surface area contributed by atoms with Crippen LogP contribution < -0.4 is 10.6 Å². The van der Waals surface area contributed by atoms with Crippen LogP contribution in [0, 0.1) is 0 Å². The molecule has 0 spiro atoms. The van der Waals surface area contributed by atoms with E-state index in [-0.39, 0.29) is 17.6 Å². The quantitative estimate of drug-likeness (QED) is 0.632. The molecule has 1 aromatic heterocycles. The number of rotatable bonds is 3. The van der Waals surface area contributed by atoms with E-state index < -0.39 is 0 Å². The molecule has 0 saturated heterocycles. The highest BCUT2D eigenvalue weighted by molar-refractivity contribution is 9.10. The van der Waals surface area contributed by atoms with E-state index in [1.54, 1.807) is 18.1 Å². The molecule has 1 aliphatic rings. The first-order valence-corrected chi connectivity index (χ1v) is 10.1. The number of hydrogen-bond donors (Lipinski definition) is 2. The fourth-order valence-electron chi connectivity index (χ4n) is 2.90. The van der Waals surface area contributed by atoms with Gasteiger partial charge in [0.05, 0.1) is 6.54 Å². The summed E-state index contributed by atoms with van der Waals surface area (Å²) in [5.74, 6) is 0.0475. The predicted octanol–water partition coefficient (Wildman–Crippen LogP) is 3.41. The molecule has 0 bridgehead atoms. The van der Waals surface area contributed by atoms with Gasteiger partial charge in [-0.15, -0.1) is 5.10 Å². The van der Waals surface area contributed by atoms with Gasteiger partial charge in [-0.2, -0.15) is 0 Å². The van der Waals surface area contributed by atoms with Crippen molar-refractivity contribution in [2.75, 3.05) is 12.4 Å². The Kier molecular flexibility index (Phi) is 7.13. The Hall–Kier alpha value is -3.00. The lowest BCUT2D eigenvalue weighted by atomic mass is 10.1. The molecule has 1 aliphatic heterocycles. The Morgan fingerprint density at radius 1 is 1.21 bits per heavy atom. The van der Waals surface area contributed by atoms with E-state index in [1.165, 1.54) is 5.56 Å². The summed E-state index contributed by atoms with van der Waals surface area (Å²) in [7, 11) is 1.56. The third-order valence-corrected chi connectivity index (χ3v) is 4.84. The fourth-order valence-corrected chi connectivity index (χ4v) is 3.31. The van der Waals surface area contributed by atoms with Crippen LogP contribution in [-0.4, -0.2) is 33.6 Å². The summed E-state index contributed by atoms with van der Waals surface area (Å²) in [5, 5.41) is 9.44. The van der Waals surface area contributed by atoms with E-state index in [4.69, 9.17) is 0 Å². The Morgan fingerprint density at radius 3 is 2.76 bits per heavy atom. The van der Waals surface area contributed by atoms with Gasteiger partial charge in [-0.3, -0.25) is 9.59 Å². The zero-order valence-corrected chi connectivity index (χ0v) is 17.6. The summed E-state index contributed by atoms with van der Waals surface area (Å²) in [6.07, 6.45) is 4.10. The van der Waals surface area contributed by atoms with Crippen molar-refractivity contribution in [3.05, 3.63) is 76.3 Å². The molecule has 0 fully saturated rings. The van der Waals surface area contributed by atoms with Gasteiger partial charge >= 0.3 is 0 Å². The molecule has 2 N–H and O–H groups in total. The van der Waals surface area contributed by atoms with Crippen LogP contribution in [-0.2, 0) is 17.8 Å². The molecule has 2 heterocycles. The number of nitrogens with one attached hydrogen (secondary N) is 2. The number of aromatic nitrogens is 3. The molecule has 150 valence electrons.